The lowest BCUT2D eigenvalue weighted by atomic mass is 10.1. The average molecular weight is 456 g/mol. The summed E-state index contributed by atoms with van der Waals surface area (Å²) in [6.45, 7) is 8.11. The van der Waals surface area contributed by atoms with E-state index in [-0.39, 0.29) is 12.3 Å². The SMILES string of the molecule is CCOc1cc(C)c(S(=O)(=O)N2CCN(CC(=O)c3c[nH]c4ccccc34)CC2)cc1C. The topological polar surface area (TPSA) is 82.7 Å². The molecule has 0 amide bonds. The average Bonchev–Trinajstić information content (AvgIpc) is 3.21. The van der Waals surface area contributed by atoms with E-state index < -0.39 is 10.0 Å². The third-order valence-corrected chi connectivity index (χ3v) is 8.02. The maximum Gasteiger partial charge on any atom is 0.243 e. The minimum absolute atomic E-state index is 0.0386. The molecule has 0 saturated carbocycles. The summed E-state index contributed by atoms with van der Waals surface area (Å²) in [6.07, 6.45) is 1.75. The van der Waals surface area contributed by atoms with Gasteiger partial charge in [-0.25, -0.2) is 8.42 Å². The van der Waals surface area contributed by atoms with E-state index in [9.17, 15) is 13.2 Å². The Hall–Kier alpha value is -2.68. The molecule has 7 nitrogen and oxygen atoms in total. The summed E-state index contributed by atoms with van der Waals surface area (Å²) in [6, 6.07) is 11.2. The Bertz CT molecular complexity index is 1240. The van der Waals surface area contributed by atoms with Crippen LogP contribution in [0.4, 0.5) is 0 Å². The molecule has 3 aromatic rings. The molecule has 4 rings (SSSR count). The van der Waals surface area contributed by atoms with Gasteiger partial charge >= 0.3 is 0 Å². The monoisotopic (exact) mass is 455 g/mol. The molecule has 1 aromatic heterocycles. The van der Waals surface area contributed by atoms with Gasteiger partial charge in [0.15, 0.2) is 5.78 Å². The zero-order valence-electron chi connectivity index (χ0n) is 18.7. The van der Waals surface area contributed by atoms with Gasteiger partial charge in [0.2, 0.25) is 10.0 Å². The fraction of sp³-hybridized carbons (Fsp3) is 0.375. The van der Waals surface area contributed by atoms with Crippen molar-refractivity contribution in [1.82, 2.24) is 14.2 Å². The number of sulfonamides is 1. The van der Waals surface area contributed by atoms with Crippen molar-refractivity contribution in [1.29, 1.82) is 0 Å². The van der Waals surface area contributed by atoms with Crippen molar-refractivity contribution >= 4 is 26.7 Å². The molecule has 0 bridgehead atoms. The molecule has 1 aliphatic rings. The van der Waals surface area contributed by atoms with E-state index in [1.54, 1.807) is 25.3 Å². The molecule has 0 atom stereocenters. The Kier molecular flexibility index (Phi) is 6.37. The number of benzene rings is 2. The number of para-hydroxylation sites is 1. The molecule has 170 valence electrons. The van der Waals surface area contributed by atoms with Gasteiger partial charge in [-0.1, -0.05) is 18.2 Å². The van der Waals surface area contributed by atoms with Crippen molar-refractivity contribution in [3.8, 4) is 5.75 Å². The van der Waals surface area contributed by atoms with Crippen molar-refractivity contribution in [2.24, 2.45) is 0 Å². The van der Waals surface area contributed by atoms with E-state index >= 15 is 0 Å². The first-order valence-corrected chi connectivity index (χ1v) is 12.3. The number of carbonyl (C=O) groups is 1. The van der Waals surface area contributed by atoms with Crippen LogP contribution in [0.2, 0.25) is 0 Å². The number of hydrogen-bond acceptors (Lipinski definition) is 5. The van der Waals surface area contributed by atoms with Crippen LogP contribution in [0.5, 0.6) is 5.75 Å². The first kappa shape index (κ1) is 22.5. The van der Waals surface area contributed by atoms with Crippen LogP contribution in [0, 0.1) is 13.8 Å². The quantitative estimate of drug-likeness (QED) is 0.553. The van der Waals surface area contributed by atoms with E-state index in [0.29, 0.717) is 54.6 Å². The minimum Gasteiger partial charge on any atom is -0.494 e. The van der Waals surface area contributed by atoms with E-state index in [1.807, 2.05) is 43.0 Å². The lowest BCUT2D eigenvalue weighted by Gasteiger charge is -2.33. The lowest BCUT2D eigenvalue weighted by Crippen LogP contribution is -2.49. The molecule has 0 aliphatic carbocycles. The Morgan fingerprint density at radius 1 is 1.06 bits per heavy atom. The first-order valence-electron chi connectivity index (χ1n) is 10.9. The van der Waals surface area contributed by atoms with Crippen LogP contribution < -0.4 is 4.74 Å². The lowest BCUT2D eigenvalue weighted by molar-refractivity contribution is 0.0903. The van der Waals surface area contributed by atoms with Crippen molar-refractivity contribution in [3.63, 3.8) is 0 Å². The fourth-order valence-corrected chi connectivity index (χ4v) is 5.92. The highest BCUT2D eigenvalue weighted by molar-refractivity contribution is 7.89. The first-order chi connectivity index (χ1) is 15.3. The molecule has 1 N–H and O–H groups in total. The normalized spacial score (nSPS) is 15.8. The van der Waals surface area contributed by atoms with Crippen molar-refractivity contribution < 1.29 is 17.9 Å². The van der Waals surface area contributed by atoms with E-state index in [1.165, 1.54) is 4.31 Å². The molecular formula is C24H29N3O4S. The number of aromatic nitrogens is 1. The molecular weight excluding hydrogens is 426 g/mol. The van der Waals surface area contributed by atoms with Crippen LogP contribution in [-0.4, -0.2) is 67.7 Å². The molecule has 2 aromatic carbocycles. The van der Waals surface area contributed by atoms with Crippen LogP contribution in [0.1, 0.15) is 28.4 Å². The Morgan fingerprint density at radius 2 is 1.78 bits per heavy atom. The number of H-pyrrole nitrogens is 1. The molecule has 1 fully saturated rings. The second-order valence-electron chi connectivity index (χ2n) is 8.17. The second kappa shape index (κ2) is 9.05. The fourth-order valence-electron chi connectivity index (χ4n) is 4.21. The number of piperazine rings is 1. The van der Waals surface area contributed by atoms with Crippen LogP contribution in [-0.2, 0) is 10.0 Å². The third kappa shape index (κ3) is 4.30. The summed E-state index contributed by atoms with van der Waals surface area (Å²) in [5.41, 5.74) is 3.10. The Balaban J connectivity index is 1.43. The van der Waals surface area contributed by atoms with Gasteiger partial charge in [0.05, 0.1) is 18.0 Å². The van der Waals surface area contributed by atoms with Gasteiger partial charge in [-0.3, -0.25) is 9.69 Å². The van der Waals surface area contributed by atoms with Crippen LogP contribution >= 0.6 is 0 Å². The molecule has 32 heavy (non-hydrogen) atoms. The molecule has 0 unspecified atom stereocenters. The Labute approximate surface area is 189 Å². The summed E-state index contributed by atoms with van der Waals surface area (Å²) in [5.74, 6) is 0.751. The number of ketones is 1. The van der Waals surface area contributed by atoms with Gasteiger partial charge in [-0.15, -0.1) is 0 Å². The molecule has 8 heteroatoms. The molecule has 1 aliphatic heterocycles. The molecule has 0 radical (unpaired) electrons. The van der Waals surface area contributed by atoms with Crippen molar-refractivity contribution in [2.45, 2.75) is 25.7 Å². The number of aromatic amines is 1. The molecule has 2 heterocycles. The van der Waals surface area contributed by atoms with Gasteiger partial charge in [0.1, 0.15) is 5.75 Å². The predicted octanol–water partition coefficient (Wildman–Crippen LogP) is 3.37. The number of hydrogen-bond donors (Lipinski definition) is 1. The summed E-state index contributed by atoms with van der Waals surface area (Å²) in [5, 5.41) is 0.917. The predicted molar refractivity (Wildman–Crippen MR) is 125 cm³/mol. The molecule has 0 spiro atoms. The second-order valence-corrected chi connectivity index (χ2v) is 10.1. The Morgan fingerprint density at radius 3 is 2.50 bits per heavy atom. The standard InChI is InChI=1S/C24H29N3O4S/c1-4-31-23-13-18(3)24(14-17(23)2)32(29,30)27-11-9-26(10-12-27)16-22(28)20-15-25-21-8-6-5-7-19(20)21/h5-8,13-15,25H,4,9-12,16H2,1-3H3. The van der Waals surface area contributed by atoms with Gasteiger partial charge < -0.3 is 9.72 Å². The van der Waals surface area contributed by atoms with Crippen molar-refractivity contribution in [3.05, 3.63) is 59.3 Å². The zero-order valence-corrected chi connectivity index (χ0v) is 19.5. The summed E-state index contributed by atoms with van der Waals surface area (Å²) in [7, 11) is -3.61. The van der Waals surface area contributed by atoms with Crippen LogP contribution in [0.3, 0.4) is 0 Å². The van der Waals surface area contributed by atoms with Gasteiger partial charge in [-0.2, -0.15) is 4.31 Å². The number of nitrogens with zero attached hydrogens (tertiary/aromatic N) is 2. The number of Topliss-reactive ketones (excluding diaryl/α,β-unsaturated/α-hetero) is 1. The largest absolute Gasteiger partial charge is 0.494 e. The van der Waals surface area contributed by atoms with Gasteiger partial charge in [-0.05, 0) is 50.1 Å². The van der Waals surface area contributed by atoms with Gasteiger partial charge in [0, 0.05) is 48.8 Å². The highest BCUT2D eigenvalue weighted by Crippen LogP contribution is 2.28. The van der Waals surface area contributed by atoms with E-state index in [4.69, 9.17) is 4.74 Å². The van der Waals surface area contributed by atoms with Crippen LogP contribution in [0.15, 0.2) is 47.5 Å². The number of ether oxygens (including phenoxy) is 1. The molecule has 1 saturated heterocycles. The summed E-state index contributed by atoms with van der Waals surface area (Å²) in [4.78, 5) is 18.3. The number of carbonyl (C=O) groups excluding carboxylic acids is 1. The highest BCUT2D eigenvalue weighted by Gasteiger charge is 2.31. The summed E-state index contributed by atoms with van der Waals surface area (Å²) < 4.78 is 33.7. The maximum atomic E-state index is 13.3. The third-order valence-electron chi connectivity index (χ3n) is 5.98. The number of aryl methyl sites for hydroxylation is 2. The van der Waals surface area contributed by atoms with Crippen LogP contribution in [0.25, 0.3) is 10.9 Å². The van der Waals surface area contributed by atoms with E-state index in [2.05, 4.69) is 4.98 Å². The zero-order chi connectivity index (χ0) is 22.9. The van der Waals surface area contributed by atoms with E-state index in [0.717, 1.165) is 16.5 Å². The summed E-state index contributed by atoms with van der Waals surface area (Å²) >= 11 is 0. The maximum absolute atomic E-state index is 13.3. The van der Waals surface area contributed by atoms with Crippen molar-refractivity contribution in [2.75, 3.05) is 39.3 Å². The number of fused-ring (bicyclic) bond motifs is 1. The number of nitrogens with one attached hydrogen (secondary N) is 1. The number of rotatable bonds is 7. The smallest absolute Gasteiger partial charge is 0.243 e. The highest BCUT2D eigenvalue weighted by atomic mass is 32.2. The van der Waals surface area contributed by atoms with Gasteiger partial charge in [0.25, 0.3) is 0 Å². The minimum atomic E-state index is -3.61.